The van der Waals surface area contributed by atoms with E-state index in [0.717, 1.165) is 0 Å². The molecule has 1 aromatic heterocycles. The summed E-state index contributed by atoms with van der Waals surface area (Å²) in [4.78, 5) is 35.8. The number of benzene rings is 1. The minimum Gasteiger partial charge on any atom is -0.465 e. The van der Waals surface area contributed by atoms with Crippen LogP contribution >= 0.6 is 0 Å². The molecule has 0 spiro atoms. The van der Waals surface area contributed by atoms with Crippen LogP contribution in [-0.2, 0) is 0 Å². The van der Waals surface area contributed by atoms with Crippen molar-refractivity contribution in [3.05, 3.63) is 42.1 Å². The van der Waals surface area contributed by atoms with Crippen molar-refractivity contribution in [1.29, 1.82) is 0 Å². The highest BCUT2D eigenvalue weighted by molar-refractivity contribution is 5.97. The van der Waals surface area contributed by atoms with Gasteiger partial charge in [-0.05, 0) is 39.0 Å². The third kappa shape index (κ3) is 5.06. The van der Waals surface area contributed by atoms with Crippen LogP contribution in [0.15, 0.2) is 30.7 Å². The van der Waals surface area contributed by atoms with E-state index >= 15 is 0 Å². The molecule has 10 heteroatoms. The normalized spacial score (nSPS) is 14.6. The Morgan fingerprint density at radius 3 is 2.69 bits per heavy atom. The number of carbonyl (C=O) groups excluding carboxylic acids is 1. The molecule has 2 N–H and O–H groups in total. The fraction of sp³-hybridized carbons (Fsp3) is 0.455. The molecule has 1 aliphatic heterocycles. The summed E-state index contributed by atoms with van der Waals surface area (Å²) in [6.45, 7) is 9.54. The topological polar surface area (TPSA) is 108 Å². The summed E-state index contributed by atoms with van der Waals surface area (Å²) in [7, 11) is 0. The van der Waals surface area contributed by atoms with Gasteiger partial charge in [-0.25, -0.2) is 19.2 Å². The maximum atomic E-state index is 14.0. The summed E-state index contributed by atoms with van der Waals surface area (Å²) in [5.74, 6) is 0.198. The summed E-state index contributed by atoms with van der Waals surface area (Å²) in [6, 6.07) is 3.77. The van der Waals surface area contributed by atoms with Gasteiger partial charge in [0.25, 0.3) is 5.91 Å². The molecule has 1 fully saturated rings. The zero-order valence-electron chi connectivity index (χ0n) is 18.6. The number of rotatable bonds is 8. The Morgan fingerprint density at radius 2 is 2.06 bits per heavy atom. The van der Waals surface area contributed by atoms with Gasteiger partial charge < -0.3 is 25.0 Å². The number of hydrogen-bond donors (Lipinski definition) is 2. The Bertz CT molecular complexity index is 994. The fourth-order valence-corrected chi connectivity index (χ4v) is 3.82. The van der Waals surface area contributed by atoms with Gasteiger partial charge in [0, 0.05) is 37.6 Å². The number of anilines is 1. The number of aromatic nitrogens is 2. The molecule has 0 aliphatic carbocycles. The average molecular weight is 445 g/mol. The third-order valence-electron chi connectivity index (χ3n) is 5.39. The number of amides is 2. The van der Waals surface area contributed by atoms with Crippen molar-refractivity contribution in [2.45, 2.75) is 33.7 Å². The van der Waals surface area contributed by atoms with Gasteiger partial charge in [-0.1, -0.05) is 6.92 Å². The van der Waals surface area contributed by atoms with Gasteiger partial charge >= 0.3 is 6.09 Å². The quantitative estimate of drug-likeness (QED) is 0.641. The molecule has 0 radical (unpaired) electrons. The molecule has 0 unspecified atom stereocenters. The lowest BCUT2D eigenvalue weighted by Crippen LogP contribution is -2.59. The van der Waals surface area contributed by atoms with E-state index in [1.54, 1.807) is 4.90 Å². The van der Waals surface area contributed by atoms with Crippen LogP contribution in [0.25, 0.3) is 0 Å². The first-order chi connectivity index (χ1) is 15.1. The lowest BCUT2D eigenvalue weighted by Gasteiger charge is -2.48. The number of nitrogens with one attached hydrogen (secondary N) is 1. The van der Waals surface area contributed by atoms with Crippen molar-refractivity contribution in [1.82, 2.24) is 20.2 Å². The summed E-state index contributed by atoms with van der Waals surface area (Å²) >= 11 is 0. The monoisotopic (exact) mass is 445 g/mol. The van der Waals surface area contributed by atoms with Gasteiger partial charge in [-0.15, -0.1) is 0 Å². The predicted octanol–water partition coefficient (Wildman–Crippen LogP) is 3.37. The van der Waals surface area contributed by atoms with Crippen molar-refractivity contribution in [2.75, 3.05) is 31.1 Å². The molecule has 3 rings (SSSR count). The van der Waals surface area contributed by atoms with Crippen LogP contribution in [-0.4, -0.2) is 64.2 Å². The van der Waals surface area contributed by atoms with Crippen LogP contribution in [0.5, 0.6) is 11.5 Å². The van der Waals surface area contributed by atoms with E-state index in [9.17, 15) is 14.0 Å². The maximum Gasteiger partial charge on any atom is 0.404 e. The number of carboxylic acid groups (broad SMARTS) is 1. The van der Waals surface area contributed by atoms with E-state index in [1.165, 1.54) is 30.7 Å². The first-order valence-electron chi connectivity index (χ1n) is 10.4. The van der Waals surface area contributed by atoms with E-state index in [1.807, 2.05) is 32.6 Å². The largest absolute Gasteiger partial charge is 0.465 e. The molecule has 9 nitrogen and oxygen atoms in total. The van der Waals surface area contributed by atoms with Gasteiger partial charge in [0.2, 0.25) is 0 Å². The van der Waals surface area contributed by atoms with Gasteiger partial charge in [0.05, 0.1) is 11.8 Å². The molecule has 2 aromatic rings. The van der Waals surface area contributed by atoms with Crippen molar-refractivity contribution in [2.24, 2.45) is 5.41 Å². The van der Waals surface area contributed by atoms with Gasteiger partial charge in [-0.2, -0.15) is 0 Å². The second-order valence-electron chi connectivity index (χ2n) is 8.46. The van der Waals surface area contributed by atoms with Crippen molar-refractivity contribution in [3.63, 3.8) is 0 Å². The lowest BCUT2D eigenvalue weighted by atomic mass is 9.82. The van der Waals surface area contributed by atoms with E-state index < -0.39 is 11.9 Å². The Labute approximate surface area is 186 Å². The Balaban J connectivity index is 1.84. The Kier molecular flexibility index (Phi) is 6.81. The SMILES string of the molecule is CCN(C(=O)c1cc(F)ccc1Oc1cncnc1N1CC(C)(CNC(=O)O)C1)C(C)C. The van der Waals surface area contributed by atoms with Crippen molar-refractivity contribution < 1.29 is 23.8 Å². The van der Waals surface area contributed by atoms with E-state index in [-0.39, 0.29) is 28.7 Å². The predicted molar refractivity (Wildman–Crippen MR) is 117 cm³/mol. The second-order valence-corrected chi connectivity index (χ2v) is 8.46. The minimum atomic E-state index is -1.06. The van der Waals surface area contributed by atoms with Gasteiger partial charge in [-0.3, -0.25) is 4.79 Å². The second kappa shape index (κ2) is 9.37. The van der Waals surface area contributed by atoms with Crippen LogP contribution in [0.4, 0.5) is 15.0 Å². The number of carbonyl (C=O) groups is 2. The zero-order valence-corrected chi connectivity index (χ0v) is 18.6. The molecule has 0 saturated carbocycles. The molecule has 1 aliphatic rings. The van der Waals surface area contributed by atoms with Crippen LogP contribution in [0, 0.1) is 11.2 Å². The molecular weight excluding hydrogens is 417 g/mol. The summed E-state index contributed by atoms with van der Waals surface area (Å²) in [5.41, 5.74) is -0.120. The molecule has 2 heterocycles. The highest BCUT2D eigenvalue weighted by Gasteiger charge is 2.41. The number of nitrogens with zero attached hydrogens (tertiary/aromatic N) is 4. The molecular formula is C22H28FN5O4. The average Bonchev–Trinajstić information content (AvgIpc) is 2.72. The van der Waals surface area contributed by atoms with E-state index in [4.69, 9.17) is 9.84 Å². The fourth-order valence-electron chi connectivity index (χ4n) is 3.82. The smallest absolute Gasteiger partial charge is 0.404 e. The zero-order chi connectivity index (χ0) is 23.5. The molecule has 2 amide bonds. The van der Waals surface area contributed by atoms with E-state index in [0.29, 0.717) is 37.7 Å². The van der Waals surface area contributed by atoms with Crippen LogP contribution in [0.1, 0.15) is 38.1 Å². The van der Waals surface area contributed by atoms with Crippen LogP contribution < -0.4 is 15.0 Å². The summed E-state index contributed by atoms with van der Waals surface area (Å²) < 4.78 is 20.0. The number of hydrogen-bond acceptors (Lipinski definition) is 6. The van der Waals surface area contributed by atoms with Crippen molar-refractivity contribution >= 4 is 17.8 Å². The maximum absolute atomic E-state index is 14.0. The molecule has 172 valence electrons. The minimum absolute atomic E-state index is 0.0580. The summed E-state index contributed by atoms with van der Waals surface area (Å²) in [6.07, 6.45) is 1.82. The molecule has 1 aromatic carbocycles. The van der Waals surface area contributed by atoms with Gasteiger partial charge in [0.15, 0.2) is 11.6 Å². The van der Waals surface area contributed by atoms with Crippen LogP contribution in [0.3, 0.4) is 0 Å². The lowest BCUT2D eigenvalue weighted by molar-refractivity contribution is 0.0713. The Morgan fingerprint density at radius 1 is 1.34 bits per heavy atom. The summed E-state index contributed by atoms with van der Waals surface area (Å²) in [5, 5.41) is 11.3. The molecule has 32 heavy (non-hydrogen) atoms. The number of halogens is 1. The van der Waals surface area contributed by atoms with E-state index in [2.05, 4.69) is 15.3 Å². The Hall–Kier alpha value is -3.43. The number of ether oxygens (including phenoxy) is 1. The third-order valence-corrected chi connectivity index (χ3v) is 5.39. The molecule has 0 atom stereocenters. The van der Waals surface area contributed by atoms with Crippen molar-refractivity contribution in [3.8, 4) is 11.5 Å². The standard InChI is InChI=1S/C22H28FN5O4/c1-5-28(14(2)3)20(29)16-8-15(23)6-7-17(16)32-18-9-24-13-26-19(18)27-11-22(4,12-27)10-25-21(30)31/h6-9,13-14,25H,5,10-12H2,1-4H3,(H,30,31). The van der Waals surface area contributed by atoms with Gasteiger partial charge in [0.1, 0.15) is 17.9 Å². The highest BCUT2D eigenvalue weighted by atomic mass is 19.1. The molecule has 1 saturated heterocycles. The van der Waals surface area contributed by atoms with Crippen LogP contribution in [0.2, 0.25) is 0 Å². The highest BCUT2D eigenvalue weighted by Crippen LogP contribution is 2.39. The first kappa shape index (κ1) is 23.2. The first-order valence-corrected chi connectivity index (χ1v) is 10.4. The molecule has 0 bridgehead atoms.